The van der Waals surface area contributed by atoms with Crippen molar-refractivity contribution in [3.05, 3.63) is 39.9 Å². The highest BCUT2D eigenvalue weighted by molar-refractivity contribution is 5.93. The molecule has 1 aliphatic rings. The molecule has 19 heavy (non-hydrogen) atoms. The monoisotopic (exact) mass is 261 g/mol. The Labute approximate surface area is 109 Å². The minimum atomic E-state index is -0.701. The van der Waals surface area contributed by atoms with Gasteiger partial charge in [-0.15, -0.1) is 0 Å². The van der Waals surface area contributed by atoms with Crippen LogP contribution >= 0.6 is 0 Å². The molecule has 1 aromatic rings. The van der Waals surface area contributed by atoms with E-state index in [4.69, 9.17) is 15.0 Å². The molecule has 0 amide bonds. The standard InChI is InChI=1S/C12H11N3O4/c1-17-12(16)9(14-15-13)6-8-2-3-10-11(7-8)19-5-4-18-10/h2-3,6-7H,4-5H2,1H3. The Kier molecular flexibility index (Phi) is 3.90. The van der Waals surface area contributed by atoms with Gasteiger partial charge in [0.2, 0.25) is 0 Å². The van der Waals surface area contributed by atoms with Gasteiger partial charge < -0.3 is 14.2 Å². The van der Waals surface area contributed by atoms with E-state index in [1.54, 1.807) is 18.2 Å². The van der Waals surface area contributed by atoms with Crippen LogP contribution in [0.1, 0.15) is 5.56 Å². The lowest BCUT2D eigenvalue weighted by molar-refractivity contribution is -0.136. The number of methoxy groups -OCH3 is 1. The van der Waals surface area contributed by atoms with Crippen LogP contribution < -0.4 is 9.47 Å². The van der Waals surface area contributed by atoms with Gasteiger partial charge in [-0.2, -0.15) is 0 Å². The number of carbonyl (C=O) groups excluding carboxylic acids is 1. The van der Waals surface area contributed by atoms with Crippen molar-refractivity contribution in [2.75, 3.05) is 20.3 Å². The summed E-state index contributed by atoms with van der Waals surface area (Å²) in [5, 5.41) is 3.30. The number of ether oxygens (including phenoxy) is 3. The van der Waals surface area contributed by atoms with Gasteiger partial charge in [-0.25, -0.2) is 4.79 Å². The molecule has 7 heteroatoms. The number of azide groups is 1. The van der Waals surface area contributed by atoms with Crippen LogP contribution in [0, 0.1) is 0 Å². The molecule has 2 rings (SSSR count). The zero-order chi connectivity index (χ0) is 13.7. The summed E-state index contributed by atoms with van der Waals surface area (Å²) in [6.07, 6.45) is 1.42. The lowest BCUT2D eigenvalue weighted by atomic mass is 10.1. The highest BCUT2D eigenvalue weighted by Crippen LogP contribution is 2.31. The van der Waals surface area contributed by atoms with E-state index in [0.717, 1.165) is 0 Å². The van der Waals surface area contributed by atoms with Gasteiger partial charge in [0.1, 0.15) is 18.9 Å². The van der Waals surface area contributed by atoms with Gasteiger partial charge in [-0.05, 0) is 29.3 Å². The minimum absolute atomic E-state index is 0.123. The van der Waals surface area contributed by atoms with Gasteiger partial charge in [0.25, 0.3) is 0 Å². The summed E-state index contributed by atoms with van der Waals surface area (Å²) >= 11 is 0. The third kappa shape index (κ3) is 2.97. The molecule has 1 aromatic carbocycles. The molecular weight excluding hydrogens is 250 g/mol. The van der Waals surface area contributed by atoms with Gasteiger partial charge >= 0.3 is 5.97 Å². The number of esters is 1. The molecule has 0 saturated heterocycles. The molecule has 1 heterocycles. The fraction of sp³-hybridized carbons (Fsp3) is 0.250. The molecule has 98 valence electrons. The number of fused-ring (bicyclic) bond motifs is 1. The highest BCUT2D eigenvalue weighted by Gasteiger charge is 2.12. The Bertz CT molecular complexity index is 576. The quantitative estimate of drug-likeness (QED) is 0.274. The minimum Gasteiger partial charge on any atom is -0.486 e. The lowest BCUT2D eigenvalue weighted by Gasteiger charge is -2.18. The summed E-state index contributed by atoms with van der Waals surface area (Å²) in [7, 11) is 1.22. The summed E-state index contributed by atoms with van der Waals surface area (Å²) in [4.78, 5) is 14.0. The van der Waals surface area contributed by atoms with E-state index < -0.39 is 5.97 Å². The van der Waals surface area contributed by atoms with Gasteiger partial charge in [-0.1, -0.05) is 11.2 Å². The largest absolute Gasteiger partial charge is 0.486 e. The number of benzene rings is 1. The molecule has 1 aliphatic heterocycles. The first-order valence-corrected chi connectivity index (χ1v) is 5.49. The van der Waals surface area contributed by atoms with Crippen LogP contribution in [-0.2, 0) is 9.53 Å². The van der Waals surface area contributed by atoms with Gasteiger partial charge in [0, 0.05) is 4.91 Å². The highest BCUT2D eigenvalue weighted by atomic mass is 16.6. The molecule has 0 radical (unpaired) electrons. The molecule has 0 unspecified atom stereocenters. The SMILES string of the molecule is COC(=O)C(=Cc1ccc2c(c1)OCCO2)N=[N+]=[N-]. The zero-order valence-electron chi connectivity index (χ0n) is 10.2. The molecule has 0 fully saturated rings. The van der Waals surface area contributed by atoms with Crippen molar-refractivity contribution in [3.63, 3.8) is 0 Å². The molecule has 0 bridgehead atoms. The number of rotatable bonds is 3. The van der Waals surface area contributed by atoms with Gasteiger partial charge in [0.15, 0.2) is 11.5 Å². The third-order valence-electron chi connectivity index (χ3n) is 2.42. The maximum absolute atomic E-state index is 11.4. The Morgan fingerprint density at radius 1 is 1.42 bits per heavy atom. The normalized spacial score (nSPS) is 13.4. The number of carbonyl (C=O) groups is 1. The van der Waals surface area contributed by atoms with Crippen LogP contribution in [0.15, 0.2) is 29.0 Å². The molecule has 0 spiro atoms. The molecular formula is C12H11N3O4. The topological polar surface area (TPSA) is 93.5 Å². The maximum atomic E-state index is 11.4. The second-order valence-corrected chi connectivity index (χ2v) is 3.61. The van der Waals surface area contributed by atoms with E-state index in [9.17, 15) is 4.79 Å². The Morgan fingerprint density at radius 3 is 2.84 bits per heavy atom. The van der Waals surface area contributed by atoms with E-state index in [1.165, 1.54) is 13.2 Å². The Morgan fingerprint density at radius 2 is 2.16 bits per heavy atom. The smallest absolute Gasteiger partial charge is 0.340 e. The molecule has 0 N–H and O–H groups in total. The van der Waals surface area contributed by atoms with Crippen molar-refractivity contribution in [3.8, 4) is 11.5 Å². The Hall–Kier alpha value is -2.66. The maximum Gasteiger partial charge on any atom is 0.340 e. The van der Waals surface area contributed by atoms with E-state index in [-0.39, 0.29) is 5.70 Å². The van der Waals surface area contributed by atoms with E-state index in [2.05, 4.69) is 14.8 Å². The second-order valence-electron chi connectivity index (χ2n) is 3.61. The van der Waals surface area contributed by atoms with Crippen molar-refractivity contribution >= 4 is 12.0 Å². The molecule has 0 aromatic heterocycles. The first-order valence-electron chi connectivity index (χ1n) is 5.49. The molecule has 0 atom stereocenters. The number of nitrogens with zero attached hydrogens (tertiary/aromatic N) is 3. The van der Waals surface area contributed by atoms with E-state index in [0.29, 0.717) is 30.3 Å². The van der Waals surface area contributed by atoms with Crippen molar-refractivity contribution in [2.24, 2.45) is 5.11 Å². The van der Waals surface area contributed by atoms with E-state index >= 15 is 0 Å². The summed E-state index contributed by atoms with van der Waals surface area (Å²) in [5.74, 6) is 0.532. The molecule has 0 saturated carbocycles. The van der Waals surface area contributed by atoms with Crippen LogP contribution in [0.25, 0.3) is 16.5 Å². The van der Waals surface area contributed by atoms with Crippen molar-refractivity contribution in [1.82, 2.24) is 0 Å². The van der Waals surface area contributed by atoms with Crippen molar-refractivity contribution < 1.29 is 19.0 Å². The second kappa shape index (κ2) is 5.79. The fourth-order valence-electron chi connectivity index (χ4n) is 1.59. The van der Waals surface area contributed by atoms with Crippen LogP contribution in [0.2, 0.25) is 0 Å². The number of hydrogen-bond acceptors (Lipinski definition) is 5. The van der Waals surface area contributed by atoms with E-state index in [1.807, 2.05) is 0 Å². The Balaban J connectivity index is 2.35. The number of hydrogen-bond donors (Lipinski definition) is 0. The predicted octanol–water partition coefficient (Wildman–Crippen LogP) is 2.28. The lowest BCUT2D eigenvalue weighted by Crippen LogP contribution is -2.15. The van der Waals surface area contributed by atoms with Crippen molar-refractivity contribution in [2.45, 2.75) is 0 Å². The third-order valence-corrected chi connectivity index (χ3v) is 2.42. The first kappa shape index (κ1) is 12.8. The summed E-state index contributed by atoms with van der Waals surface area (Å²) in [6, 6.07) is 5.15. The van der Waals surface area contributed by atoms with Crippen LogP contribution in [-0.4, -0.2) is 26.3 Å². The summed E-state index contributed by atoms with van der Waals surface area (Å²) in [6.45, 7) is 0.981. The first-order chi connectivity index (χ1) is 9.24. The average Bonchev–Trinajstić information content (AvgIpc) is 2.46. The van der Waals surface area contributed by atoms with Crippen LogP contribution in [0.3, 0.4) is 0 Å². The van der Waals surface area contributed by atoms with Crippen LogP contribution in [0.5, 0.6) is 11.5 Å². The van der Waals surface area contributed by atoms with Gasteiger partial charge in [0.05, 0.1) is 7.11 Å². The average molecular weight is 261 g/mol. The zero-order valence-corrected chi connectivity index (χ0v) is 10.2. The molecule has 0 aliphatic carbocycles. The van der Waals surface area contributed by atoms with Gasteiger partial charge in [-0.3, -0.25) is 0 Å². The summed E-state index contributed by atoms with van der Waals surface area (Å²) in [5.41, 5.74) is 8.94. The predicted molar refractivity (Wildman–Crippen MR) is 66.6 cm³/mol. The fourth-order valence-corrected chi connectivity index (χ4v) is 1.59. The summed E-state index contributed by atoms with van der Waals surface area (Å²) < 4.78 is 15.3. The molecule has 7 nitrogen and oxygen atoms in total. The van der Waals surface area contributed by atoms with Crippen molar-refractivity contribution in [1.29, 1.82) is 0 Å². The van der Waals surface area contributed by atoms with Crippen LogP contribution in [0.4, 0.5) is 0 Å².